The summed E-state index contributed by atoms with van der Waals surface area (Å²) in [5.74, 6) is 0. The summed E-state index contributed by atoms with van der Waals surface area (Å²) in [6, 6.07) is 6.22. The second kappa shape index (κ2) is 5.17. The number of hydrogen-bond donors (Lipinski definition) is 1. The number of nitrogens with zero attached hydrogens (tertiary/aromatic N) is 2. The van der Waals surface area contributed by atoms with E-state index >= 15 is 0 Å². The molecule has 20 heavy (non-hydrogen) atoms. The third-order valence-electron chi connectivity index (χ3n) is 3.99. The molecule has 5 heteroatoms. The van der Waals surface area contributed by atoms with Crippen molar-refractivity contribution in [2.24, 2.45) is 0 Å². The summed E-state index contributed by atoms with van der Waals surface area (Å²) in [4.78, 5) is 0. The predicted molar refractivity (Wildman–Crippen MR) is 83.0 cm³/mol. The second-order valence-electron chi connectivity index (χ2n) is 5.28. The maximum Gasteiger partial charge on any atom is 0.112 e. The summed E-state index contributed by atoms with van der Waals surface area (Å²) in [6.07, 6.45) is 3.72. The molecule has 106 valence electrons. The highest BCUT2D eigenvalue weighted by molar-refractivity contribution is 9.10. The Morgan fingerprint density at radius 3 is 3.00 bits per heavy atom. The standard InChI is InChI=1S/C15H16BrClN2O/c1-2-19-14(13(17)9-18-19)15(20)6-5-10-7-12(16)4-3-11(10)8-15/h3-4,7,9,20H,2,5-6,8H2,1H3. The van der Waals surface area contributed by atoms with Crippen LogP contribution in [0.3, 0.4) is 0 Å². The third-order valence-corrected chi connectivity index (χ3v) is 4.76. The minimum absolute atomic E-state index is 0.551. The molecule has 3 nitrogen and oxygen atoms in total. The minimum Gasteiger partial charge on any atom is -0.383 e. The van der Waals surface area contributed by atoms with Crippen LogP contribution in [0.1, 0.15) is 30.2 Å². The molecular weight excluding hydrogens is 340 g/mol. The first-order valence-corrected chi connectivity index (χ1v) is 7.92. The predicted octanol–water partition coefficient (Wildman–Crippen LogP) is 3.70. The van der Waals surface area contributed by atoms with Crippen LogP contribution in [0.2, 0.25) is 5.02 Å². The second-order valence-corrected chi connectivity index (χ2v) is 6.60. The molecule has 1 atom stereocenters. The zero-order valence-corrected chi connectivity index (χ0v) is 13.6. The van der Waals surface area contributed by atoms with Crippen LogP contribution in [0.5, 0.6) is 0 Å². The summed E-state index contributed by atoms with van der Waals surface area (Å²) in [5.41, 5.74) is 2.30. The van der Waals surface area contributed by atoms with E-state index in [2.05, 4.69) is 33.2 Å². The molecule has 2 aromatic rings. The van der Waals surface area contributed by atoms with E-state index < -0.39 is 5.60 Å². The maximum absolute atomic E-state index is 11.1. The molecule has 0 amide bonds. The van der Waals surface area contributed by atoms with Crippen LogP contribution in [0.25, 0.3) is 0 Å². The Labute approximate surface area is 131 Å². The number of aromatic nitrogens is 2. The molecule has 1 aromatic heterocycles. The molecule has 1 aliphatic rings. The summed E-state index contributed by atoms with van der Waals surface area (Å²) >= 11 is 9.74. The van der Waals surface area contributed by atoms with Crippen LogP contribution >= 0.6 is 27.5 Å². The zero-order chi connectivity index (χ0) is 14.3. The van der Waals surface area contributed by atoms with Crippen LogP contribution in [0, 0.1) is 0 Å². The van der Waals surface area contributed by atoms with Gasteiger partial charge in [0, 0.05) is 17.4 Å². The van der Waals surface area contributed by atoms with Crippen molar-refractivity contribution in [3.63, 3.8) is 0 Å². The Hall–Kier alpha value is -0.840. The Kier molecular flexibility index (Phi) is 3.65. The SMILES string of the molecule is CCn1ncc(Cl)c1C1(O)CCc2cc(Br)ccc2C1. The summed E-state index contributed by atoms with van der Waals surface area (Å²) < 4.78 is 2.88. The Morgan fingerprint density at radius 1 is 1.45 bits per heavy atom. The average Bonchev–Trinajstić information content (AvgIpc) is 2.81. The monoisotopic (exact) mass is 354 g/mol. The van der Waals surface area contributed by atoms with Gasteiger partial charge < -0.3 is 5.11 Å². The Bertz CT molecular complexity index is 655. The molecule has 0 saturated heterocycles. The molecule has 1 unspecified atom stereocenters. The van der Waals surface area contributed by atoms with Crippen molar-refractivity contribution in [3.8, 4) is 0 Å². The van der Waals surface area contributed by atoms with Gasteiger partial charge in [-0.25, -0.2) is 0 Å². The van der Waals surface area contributed by atoms with E-state index in [9.17, 15) is 5.11 Å². The smallest absolute Gasteiger partial charge is 0.112 e. The van der Waals surface area contributed by atoms with Crippen LogP contribution in [-0.2, 0) is 25.0 Å². The number of rotatable bonds is 2. The van der Waals surface area contributed by atoms with Gasteiger partial charge in [0.15, 0.2) is 0 Å². The van der Waals surface area contributed by atoms with E-state index in [0.29, 0.717) is 24.4 Å². The topological polar surface area (TPSA) is 38.0 Å². The van der Waals surface area contributed by atoms with Gasteiger partial charge in [0.25, 0.3) is 0 Å². The number of hydrogen-bond acceptors (Lipinski definition) is 2. The highest BCUT2D eigenvalue weighted by Crippen LogP contribution is 2.39. The molecule has 0 fully saturated rings. The number of aryl methyl sites for hydroxylation is 2. The quantitative estimate of drug-likeness (QED) is 0.892. The normalized spacial score (nSPS) is 21.8. The number of aliphatic hydroxyl groups is 1. The van der Waals surface area contributed by atoms with E-state index in [-0.39, 0.29) is 0 Å². The van der Waals surface area contributed by atoms with Crippen molar-refractivity contribution in [2.45, 2.75) is 38.3 Å². The molecule has 0 bridgehead atoms. The molecule has 1 N–H and O–H groups in total. The fourth-order valence-electron chi connectivity index (χ4n) is 3.01. The fraction of sp³-hybridized carbons (Fsp3) is 0.400. The highest BCUT2D eigenvalue weighted by atomic mass is 79.9. The van der Waals surface area contributed by atoms with Gasteiger partial charge in [0.2, 0.25) is 0 Å². The summed E-state index contributed by atoms with van der Waals surface area (Å²) in [6.45, 7) is 2.71. The lowest BCUT2D eigenvalue weighted by atomic mass is 9.78. The van der Waals surface area contributed by atoms with E-state index in [1.807, 2.05) is 13.0 Å². The summed E-state index contributed by atoms with van der Waals surface area (Å²) in [7, 11) is 0. The van der Waals surface area contributed by atoms with Crippen LogP contribution < -0.4 is 0 Å². The molecule has 1 aromatic carbocycles. The van der Waals surface area contributed by atoms with Crippen LogP contribution in [-0.4, -0.2) is 14.9 Å². The largest absolute Gasteiger partial charge is 0.383 e. The van der Waals surface area contributed by atoms with Gasteiger partial charge >= 0.3 is 0 Å². The van der Waals surface area contributed by atoms with Crippen molar-refractivity contribution >= 4 is 27.5 Å². The third kappa shape index (κ3) is 2.30. The molecule has 1 aliphatic carbocycles. The minimum atomic E-state index is -0.926. The van der Waals surface area contributed by atoms with Crippen molar-refractivity contribution in [1.29, 1.82) is 0 Å². The number of benzene rings is 1. The van der Waals surface area contributed by atoms with E-state index in [1.165, 1.54) is 11.1 Å². The van der Waals surface area contributed by atoms with Gasteiger partial charge in [-0.2, -0.15) is 5.10 Å². The molecule has 1 heterocycles. The molecule has 0 radical (unpaired) electrons. The van der Waals surface area contributed by atoms with Gasteiger partial charge in [-0.1, -0.05) is 33.6 Å². The Morgan fingerprint density at radius 2 is 2.25 bits per heavy atom. The van der Waals surface area contributed by atoms with Gasteiger partial charge in [0.1, 0.15) is 5.60 Å². The van der Waals surface area contributed by atoms with Crippen LogP contribution in [0.15, 0.2) is 28.9 Å². The van der Waals surface area contributed by atoms with Crippen molar-refractivity contribution in [3.05, 3.63) is 50.7 Å². The van der Waals surface area contributed by atoms with E-state index in [0.717, 1.165) is 16.6 Å². The van der Waals surface area contributed by atoms with Gasteiger partial charge in [-0.3, -0.25) is 4.68 Å². The lowest BCUT2D eigenvalue weighted by Gasteiger charge is -2.34. The van der Waals surface area contributed by atoms with E-state index in [1.54, 1.807) is 10.9 Å². The van der Waals surface area contributed by atoms with Crippen molar-refractivity contribution < 1.29 is 5.11 Å². The summed E-state index contributed by atoms with van der Waals surface area (Å²) in [5, 5.41) is 15.9. The lowest BCUT2D eigenvalue weighted by Crippen LogP contribution is -2.35. The average molecular weight is 356 g/mol. The van der Waals surface area contributed by atoms with Crippen LogP contribution in [0.4, 0.5) is 0 Å². The zero-order valence-electron chi connectivity index (χ0n) is 11.2. The highest BCUT2D eigenvalue weighted by Gasteiger charge is 2.38. The van der Waals surface area contributed by atoms with Gasteiger partial charge in [0.05, 0.1) is 16.9 Å². The number of fused-ring (bicyclic) bond motifs is 1. The maximum atomic E-state index is 11.1. The first-order chi connectivity index (χ1) is 9.53. The molecular formula is C15H16BrClN2O. The first-order valence-electron chi connectivity index (χ1n) is 6.75. The molecule has 0 spiro atoms. The molecule has 3 rings (SSSR count). The first kappa shape index (κ1) is 14.1. The fourth-order valence-corrected chi connectivity index (χ4v) is 3.74. The van der Waals surface area contributed by atoms with Crippen molar-refractivity contribution in [1.82, 2.24) is 9.78 Å². The molecule has 0 saturated carbocycles. The lowest BCUT2D eigenvalue weighted by molar-refractivity contribution is 0.0136. The van der Waals surface area contributed by atoms with Gasteiger partial charge in [-0.15, -0.1) is 0 Å². The van der Waals surface area contributed by atoms with Crippen molar-refractivity contribution in [2.75, 3.05) is 0 Å². The Balaban J connectivity index is 2.02. The van der Waals surface area contributed by atoms with Gasteiger partial charge in [-0.05, 0) is 43.0 Å². The van der Waals surface area contributed by atoms with E-state index in [4.69, 9.17) is 11.6 Å². The molecule has 0 aliphatic heterocycles. The number of halogens is 2.